The maximum absolute atomic E-state index is 11.8. The van der Waals surface area contributed by atoms with Gasteiger partial charge in [0, 0.05) is 25.1 Å². The number of hydrogen-bond acceptors (Lipinski definition) is 4. The Morgan fingerprint density at radius 2 is 1.89 bits per heavy atom. The molecule has 0 radical (unpaired) electrons. The molecule has 96 valence electrons. The highest BCUT2D eigenvalue weighted by molar-refractivity contribution is 5.95. The lowest BCUT2D eigenvalue weighted by Crippen LogP contribution is -2.23. The number of rotatable bonds is 4. The van der Waals surface area contributed by atoms with E-state index in [9.17, 15) is 9.59 Å². The van der Waals surface area contributed by atoms with Crippen LogP contribution in [0.15, 0.2) is 42.9 Å². The van der Waals surface area contributed by atoms with Gasteiger partial charge in [0.05, 0.1) is 5.56 Å². The van der Waals surface area contributed by atoms with Crippen LogP contribution in [0.1, 0.15) is 26.4 Å². The summed E-state index contributed by atoms with van der Waals surface area (Å²) in [4.78, 5) is 30.4. The first-order chi connectivity index (χ1) is 9.16. The molecule has 0 aliphatic carbocycles. The number of carbonyl (C=O) groups excluding carboxylic acids is 2. The normalized spacial score (nSPS) is 9.89. The van der Waals surface area contributed by atoms with Crippen LogP contribution in [0.3, 0.4) is 0 Å². The van der Waals surface area contributed by atoms with Gasteiger partial charge in [-0.15, -0.1) is 0 Å². The van der Waals surface area contributed by atoms with E-state index in [1.165, 1.54) is 18.3 Å². The Bertz CT molecular complexity index is 581. The van der Waals surface area contributed by atoms with E-state index in [4.69, 9.17) is 5.73 Å². The van der Waals surface area contributed by atoms with Gasteiger partial charge < -0.3 is 11.1 Å². The summed E-state index contributed by atoms with van der Waals surface area (Å²) < 4.78 is 0. The first kappa shape index (κ1) is 12.7. The average Bonchev–Trinajstić information content (AvgIpc) is 2.46. The van der Waals surface area contributed by atoms with E-state index in [-0.39, 0.29) is 11.6 Å². The maximum Gasteiger partial charge on any atom is 0.267 e. The van der Waals surface area contributed by atoms with Crippen molar-refractivity contribution in [1.82, 2.24) is 15.3 Å². The summed E-state index contributed by atoms with van der Waals surface area (Å²) in [5.74, 6) is -0.885. The van der Waals surface area contributed by atoms with Crippen LogP contribution in [-0.4, -0.2) is 21.8 Å². The number of primary amides is 1. The Morgan fingerprint density at radius 1 is 1.16 bits per heavy atom. The van der Waals surface area contributed by atoms with Gasteiger partial charge in [-0.1, -0.05) is 0 Å². The molecule has 0 aliphatic heterocycles. The van der Waals surface area contributed by atoms with Crippen LogP contribution >= 0.6 is 0 Å². The topological polar surface area (TPSA) is 98.0 Å². The maximum atomic E-state index is 11.8. The van der Waals surface area contributed by atoms with Crippen molar-refractivity contribution in [2.75, 3.05) is 0 Å². The van der Waals surface area contributed by atoms with Crippen LogP contribution in [0.5, 0.6) is 0 Å². The van der Waals surface area contributed by atoms with Crippen molar-refractivity contribution in [2.24, 2.45) is 5.73 Å². The van der Waals surface area contributed by atoms with Gasteiger partial charge in [-0.05, 0) is 29.8 Å². The fourth-order valence-electron chi connectivity index (χ4n) is 1.46. The smallest absolute Gasteiger partial charge is 0.267 e. The number of aromatic nitrogens is 2. The van der Waals surface area contributed by atoms with Gasteiger partial charge in [-0.2, -0.15) is 0 Å². The Morgan fingerprint density at radius 3 is 2.47 bits per heavy atom. The summed E-state index contributed by atoms with van der Waals surface area (Å²) in [5, 5.41) is 2.74. The highest BCUT2D eigenvalue weighted by atomic mass is 16.2. The first-order valence-corrected chi connectivity index (χ1v) is 5.60. The molecule has 2 heterocycles. The summed E-state index contributed by atoms with van der Waals surface area (Å²) >= 11 is 0. The molecule has 0 fully saturated rings. The summed E-state index contributed by atoms with van der Waals surface area (Å²) in [5.41, 5.74) is 6.52. The van der Waals surface area contributed by atoms with Gasteiger partial charge in [0.25, 0.3) is 11.8 Å². The minimum atomic E-state index is -0.622. The molecule has 6 heteroatoms. The Kier molecular flexibility index (Phi) is 3.82. The van der Waals surface area contributed by atoms with Crippen LogP contribution in [-0.2, 0) is 6.54 Å². The van der Waals surface area contributed by atoms with Crippen LogP contribution in [0, 0.1) is 0 Å². The van der Waals surface area contributed by atoms with Gasteiger partial charge >= 0.3 is 0 Å². The third kappa shape index (κ3) is 3.35. The van der Waals surface area contributed by atoms with Crippen molar-refractivity contribution in [1.29, 1.82) is 0 Å². The Balaban J connectivity index is 1.98. The molecule has 3 N–H and O–H groups in total. The number of nitrogens with two attached hydrogens (primary N) is 1. The molecule has 0 saturated carbocycles. The van der Waals surface area contributed by atoms with E-state index < -0.39 is 5.91 Å². The van der Waals surface area contributed by atoms with Gasteiger partial charge in [-0.3, -0.25) is 19.6 Å². The Hall–Kier alpha value is -2.76. The lowest BCUT2D eigenvalue weighted by atomic mass is 10.2. The van der Waals surface area contributed by atoms with E-state index in [0.29, 0.717) is 12.1 Å². The standard InChI is InChI=1S/C13H12N4O2/c14-12(18)11-2-1-10(8-16-11)13(19)17-7-9-3-5-15-6-4-9/h1-6,8H,7H2,(H2,14,18)(H,17,19). The predicted molar refractivity (Wildman–Crippen MR) is 68.2 cm³/mol. The first-order valence-electron chi connectivity index (χ1n) is 5.60. The van der Waals surface area contributed by atoms with Gasteiger partial charge in [0.1, 0.15) is 5.69 Å². The minimum Gasteiger partial charge on any atom is -0.364 e. The van der Waals surface area contributed by atoms with E-state index >= 15 is 0 Å². The highest BCUT2D eigenvalue weighted by Gasteiger charge is 2.07. The van der Waals surface area contributed by atoms with Crippen molar-refractivity contribution in [3.63, 3.8) is 0 Å². The van der Waals surface area contributed by atoms with Crippen LogP contribution in [0.25, 0.3) is 0 Å². The molecule has 2 amide bonds. The summed E-state index contributed by atoms with van der Waals surface area (Å²) in [6, 6.07) is 6.56. The second kappa shape index (κ2) is 5.72. The summed E-state index contributed by atoms with van der Waals surface area (Å²) in [7, 11) is 0. The molecule has 0 saturated heterocycles. The molecule has 2 aromatic heterocycles. The van der Waals surface area contributed by atoms with Crippen molar-refractivity contribution in [3.8, 4) is 0 Å². The molecule has 0 spiro atoms. The molecule has 2 rings (SSSR count). The molecule has 0 bridgehead atoms. The molecular weight excluding hydrogens is 244 g/mol. The van der Waals surface area contributed by atoms with Crippen molar-refractivity contribution in [3.05, 3.63) is 59.7 Å². The van der Waals surface area contributed by atoms with Crippen LogP contribution in [0.2, 0.25) is 0 Å². The fraction of sp³-hybridized carbons (Fsp3) is 0.0769. The van der Waals surface area contributed by atoms with Gasteiger partial charge in [-0.25, -0.2) is 0 Å². The monoisotopic (exact) mass is 256 g/mol. The largest absolute Gasteiger partial charge is 0.364 e. The lowest BCUT2D eigenvalue weighted by Gasteiger charge is -2.05. The zero-order valence-corrected chi connectivity index (χ0v) is 10.0. The molecule has 0 unspecified atom stereocenters. The number of nitrogens with zero attached hydrogens (tertiary/aromatic N) is 2. The molecule has 0 aromatic carbocycles. The third-order valence-corrected chi connectivity index (χ3v) is 2.48. The number of pyridine rings is 2. The van der Waals surface area contributed by atoms with Crippen molar-refractivity contribution in [2.45, 2.75) is 6.54 Å². The number of amides is 2. The fourth-order valence-corrected chi connectivity index (χ4v) is 1.46. The number of carbonyl (C=O) groups is 2. The molecule has 2 aromatic rings. The average molecular weight is 256 g/mol. The van der Waals surface area contributed by atoms with E-state index in [1.807, 2.05) is 12.1 Å². The van der Waals surface area contributed by atoms with E-state index in [2.05, 4.69) is 15.3 Å². The molecule has 19 heavy (non-hydrogen) atoms. The zero-order valence-electron chi connectivity index (χ0n) is 10.0. The Labute approximate surface area is 109 Å². The van der Waals surface area contributed by atoms with Gasteiger partial charge in [0.15, 0.2) is 0 Å². The quantitative estimate of drug-likeness (QED) is 0.832. The summed E-state index contributed by atoms with van der Waals surface area (Å²) in [6.07, 6.45) is 4.64. The van der Waals surface area contributed by atoms with Crippen molar-refractivity contribution >= 4 is 11.8 Å². The zero-order chi connectivity index (χ0) is 13.7. The van der Waals surface area contributed by atoms with Gasteiger partial charge in [0.2, 0.25) is 0 Å². The lowest BCUT2D eigenvalue weighted by molar-refractivity contribution is 0.0947. The predicted octanol–water partition coefficient (Wildman–Crippen LogP) is 0.505. The summed E-state index contributed by atoms with van der Waals surface area (Å²) in [6.45, 7) is 0.402. The third-order valence-electron chi connectivity index (χ3n) is 2.48. The molecule has 0 aliphatic rings. The molecule has 6 nitrogen and oxygen atoms in total. The van der Waals surface area contributed by atoms with Crippen LogP contribution < -0.4 is 11.1 Å². The van der Waals surface area contributed by atoms with Crippen molar-refractivity contribution < 1.29 is 9.59 Å². The number of hydrogen-bond donors (Lipinski definition) is 2. The van der Waals surface area contributed by atoms with E-state index in [0.717, 1.165) is 5.56 Å². The molecule has 0 atom stereocenters. The van der Waals surface area contributed by atoms with E-state index in [1.54, 1.807) is 12.4 Å². The molecular formula is C13H12N4O2. The highest BCUT2D eigenvalue weighted by Crippen LogP contribution is 2.01. The minimum absolute atomic E-state index is 0.130. The second-order valence-electron chi connectivity index (χ2n) is 3.83. The van der Waals surface area contributed by atoms with Crippen LogP contribution in [0.4, 0.5) is 0 Å². The number of nitrogens with one attached hydrogen (secondary N) is 1. The second-order valence-corrected chi connectivity index (χ2v) is 3.83. The SMILES string of the molecule is NC(=O)c1ccc(C(=O)NCc2ccncc2)cn1.